The number of carboxylic acids is 1. The van der Waals surface area contributed by atoms with Gasteiger partial charge < -0.3 is 14.9 Å². The van der Waals surface area contributed by atoms with Crippen molar-refractivity contribution in [2.24, 2.45) is 0 Å². The van der Waals surface area contributed by atoms with E-state index < -0.39 is 24.0 Å². The van der Waals surface area contributed by atoms with Crippen molar-refractivity contribution in [3.05, 3.63) is 34.9 Å². The molecule has 2 saturated heterocycles. The number of nitrogens with one attached hydrogen (secondary N) is 1. The average molecular weight is 399 g/mol. The fraction of sp³-hybridized carbons (Fsp3) is 0.450. The van der Waals surface area contributed by atoms with Crippen molar-refractivity contribution in [1.29, 1.82) is 0 Å². The number of benzene rings is 1. The normalized spacial score (nSPS) is 24.3. The van der Waals surface area contributed by atoms with Gasteiger partial charge in [0.05, 0.1) is 0 Å². The maximum Gasteiger partial charge on any atom is 0.326 e. The third-order valence-corrected chi connectivity index (χ3v) is 5.82. The third kappa shape index (κ3) is 3.37. The number of carbonyl (C=O) groups is 5. The second-order valence-corrected chi connectivity index (χ2v) is 7.62. The van der Waals surface area contributed by atoms with Crippen LogP contribution >= 0.6 is 0 Å². The minimum Gasteiger partial charge on any atom is -0.480 e. The number of hydrogen-bond acceptors (Lipinski definition) is 5. The first-order valence-corrected chi connectivity index (χ1v) is 9.68. The van der Waals surface area contributed by atoms with Crippen molar-refractivity contribution in [2.45, 2.75) is 50.7 Å². The van der Waals surface area contributed by atoms with Crippen molar-refractivity contribution in [1.82, 2.24) is 15.1 Å². The van der Waals surface area contributed by atoms with E-state index in [-0.39, 0.29) is 37.1 Å². The summed E-state index contributed by atoms with van der Waals surface area (Å²) in [6.07, 6.45) is 2.38. The Morgan fingerprint density at radius 3 is 2.62 bits per heavy atom. The number of carboxylic acid groups (broad SMARTS) is 1. The summed E-state index contributed by atoms with van der Waals surface area (Å²) < 4.78 is 0. The number of rotatable bonds is 3. The molecule has 1 aromatic carbocycles. The zero-order valence-corrected chi connectivity index (χ0v) is 15.7. The minimum atomic E-state index is -1.02. The van der Waals surface area contributed by atoms with Crippen LogP contribution in [0.4, 0.5) is 0 Å². The van der Waals surface area contributed by atoms with E-state index in [0.29, 0.717) is 29.7 Å². The Hall–Kier alpha value is -3.23. The highest BCUT2D eigenvalue weighted by Gasteiger charge is 2.40. The third-order valence-electron chi connectivity index (χ3n) is 5.82. The van der Waals surface area contributed by atoms with Gasteiger partial charge in [-0.3, -0.25) is 24.5 Å². The molecular formula is C20H21N3O6. The fourth-order valence-electron chi connectivity index (χ4n) is 4.30. The molecule has 29 heavy (non-hydrogen) atoms. The Morgan fingerprint density at radius 1 is 1.10 bits per heavy atom. The number of imide groups is 1. The number of likely N-dealkylation sites (tertiary alicyclic amines) is 1. The molecule has 9 nitrogen and oxygen atoms in total. The molecule has 0 aromatic heterocycles. The highest BCUT2D eigenvalue weighted by Crippen LogP contribution is 2.29. The molecule has 4 amide bonds. The number of piperidine rings is 2. The standard InChI is InChI=1S/C20H21N3O6/c24-16-7-6-14(17(25)21-16)23-10-12-9-11(4-5-13(12)19(23)27)18(26)22-8-2-1-3-15(22)20(28)29/h4-5,9,14-15H,1-3,6-8,10H2,(H,28,29)(H,21,24,25). The molecule has 152 valence electrons. The van der Waals surface area contributed by atoms with Gasteiger partial charge in [-0.15, -0.1) is 0 Å². The monoisotopic (exact) mass is 399 g/mol. The van der Waals surface area contributed by atoms with Gasteiger partial charge in [-0.2, -0.15) is 0 Å². The molecule has 0 radical (unpaired) electrons. The van der Waals surface area contributed by atoms with Crippen molar-refractivity contribution in [3.8, 4) is 0 Å². The largest absolute Gasteiger partial charge is 0.480 e. The molecule has 2 unspecified atom stereocenters. The second kappa shape index (κ2) is 7.31. The molecule has 3 aliphatic heterocycles. The molecule has 2 fully saturated rings. The Kier molecular flexibility index (Phi) is 4.81. The number of hydrogen-bond donors (Lipinski definition) is 2. The zero-order valence-electron chi connectivity index (χ0n) is 15.7. The molecule has 9 heteroatoms. The van der Waals surface area contributed by atoms with Crippen LogP contribution in [0.1, 0.15) is 58.4 Å². The van der Waals surface area contributed by atoms with Crippen molar-refractivity contribution in [2.75, 3.05) is 6.54 Å². The summed E-state index contributed by atoms with van der Waals surface area (Å²) >= 11 is 0. The number of fused-ring (bicyclic) bond motifs is 1. The second-order valence-electron chi connectivity index (χ2n) is 7.62. The van der Waals surface area contributed by atoms with E-state index in [9.17, 15) is 29.1 Å². The first-order valence-electron chi connectivity index (χ1n) is 9.68. The smallest absolute Gasteiger partial charge is 0.326 e. The number of nitrogens with zero attached hydrogens (tertiary/aromatic N) is 2. The van der Waals surface area contributed by atoms with Gasteiger partial charge in [-0.1, -0.05) is 0 Å². The molecule has 2 N–H and O–H groups in total. The van der Waals surface area contributed by atoms with Gasteiger partial charge in [0, 0.05) is 30.6 Å². The number of aliphatic carboxylic acids is 1. The van der Waals surface area contributed by atoms with Gasteiger partial charge in [-0.25, -0.2) is 4.79 Å². The van der Waals surface area contributed by atoms with E-state index in [4.69, 9.17) is 0 Å². The van der Waals surface area contributed by atoms with Crippen molar-refractivity contribution < 1.29 is 29.1 Å². The maximum atomic E-state index is 12.9. The highest BCUT2D eigenvalue weighted by atomic mass is 16.4. The summed E-state index contributed by atoms with van der Waals surface area (Å²) in [5.74, 6) is -2.53. The topological polar surface area (TPSA) is 124 Å². The van der Waals surface area contributed by atoms with E-state index in [1.54, 1.807) is 12.1 Å². The van der Waals surface area contributed by atoms with E-state index in [1.807, 2.05) is 0 Å². The molecule has 0 bridgehead atoms. The van der Waals surface area contributed by atoms with Crippen LogP contribution in [0.5, 0.6) is 0 Å². The molecule has 0 saturated carbocycles. The van der Waals surface area contributed by atoms with Gasteiger partial charge in [0.25, 0.3) is 11.8 Å². The number of carbonyl (C=O) groups excluding carboxylic acids is 4. The Bertz CT molecular complexity index is 927. The van der Waals surface area contributed by atoms with Crippen molar-refractivity contribution in [3.63, 3.8) is 0 Å². The first-order chi connectivity index (χ1) is 13.9. The lowest BCUT2D eigenvalue weighted by Crippen LogP contribution is -2.52. The lowest BCUT2D eigenvalue weighted by atomic mass is 9.99. The summed E-state index contributed by atoms with van der Waals surface area (Å²) in [5.41, 5.74) is 1.36. The lowest BCUT2D eigenvalue weighted by Gasteiger charge is -2.33. The zero-order chi connectivity index (χ0) is 20.7. The van der Waals surface area contributed by atoms with Crippen LogP contribution in [-0.2, 0) is 20.9 Å². The molecule has 1 aromatic rings. The maximum absolute atomic E-state index is 12.9. The molecule has 0 spiro atoms. The van der Waals surface area contributed by atoms with Gasteiger partial charge in [-0.05, 0) is 49.4 Å². The van der Waals surface area contributed by atoms with Crippen LogP contribution in [0.15, 0.2) is 18.2 Å². The molecule has 4 rings (SSSR count). The molecule has 2 atom stereocenters. The van der Waals surface area contributed by atoms with Crippen LogP contribution < -0.4 is 5.32 Å². The summed E-state index contributed by atoms with van der Waals surface area (Å²) in [6.45, 7) is 0.554. The Balaban J connectivity index is 1.56. The van der Waals surface area contributed by atoms with Gasteiger partial charge in [0.1, 0.15) is 12.1 Å². The predicted molar refractivity (Wildman–Crippen MR) is 98.8 cm³/mol. The Labute approximate surface area is 166 Å². The lowest BCUT2D eigenvalue weighted by molar-refractivity contribution is -0.143. The molecular weight excluding hydrogens is 378 g/mol. The van der Waals surface area contributed by atoms with E-state index in [1.165, 1.54) is 15.9 Å². The summed E-state index contributed by atoms with van der Waals surface area (Å²) in [6, 6.07) is 3.13. The quantitative estimate of drug-likeness (QED) is 0.715. The number of amides is 4. The minimum absolute atomic E-state index is 0.171. The SMILES string of the molecule is O=C1CCC(N2Cc3cc(C(=O)N4CCCCC4C(=O)O)ccc3C2=O)C(=O)N1. The Morgan fingerprint density at radius 2 is 1.90 bits per heavy atom. The highest BCUT2D eigenvalue weighted by molar-refractivity contribution is 6.06. The van der Waals surface area contributed by atoms with Gasteiger partial charge in [0.2, 0.25) is 11.8 Å². The van der Waals surface area contributed by atoms with Gasteiger partial charge in [0.15, 0.2) is 0 Å². The average Bonchev–Trinajstić information content (AvgIpc) is 3.03. The van der Waals surface area contributed by atoms with E-state index in [0.717, 1.165) is 12.8 Å². The van der Waals surface area contributed by atoms with Gasteiger partial charge >= 0.3 is 5.97 Å². The summed E-state index contributed by atoms with van der Waals surface area (Å²) in [4.78, 5) is 63.4. The van der Waals surface area contributed by atoms with Crippen LogP contribution in [0, 0.1) is 0 Å². The van der Waals surface area contributed by atoms with E-state index in [2.05, 4.69) is 5.32 Å². The van der Waals surface area contributed by atoms with Crippen molar-refractivity contribution >= 4 is 29.6 Å². The van der Waals surface area contributed by atoms with Crippen LogP contribution in [0.2, 0.25) is 0 Å². The van der Waals surface area contributed by atoms with Crippen LogP contribution in [0.3, 0.4) is 0 Å². The molecule has 3 aliphatic rings. The first kappa shape index (κ1) is 19.1. The molecule has 3 heterocycles. The summed E-state index contributed by atoms with van der Waals surface area (Å²) in [5, 5.41) is 11.7. The van der Waals surface area contributed by atoms with Crippen LogP contribution in [-0.4, -0.2) is 63.1 Å². The summed E-state index contributed by atoms with van der Waals surface area (Å²) in [7, 11) is 0. The predicted octanol–water partition coefficient (Wildman–Crippen LogP) is 0.527. The van der Waals surface area contributed by atoms with Crippen LogP contribution in [0.25, 0.3) is 0 Å². The fourth-order valence-corrected chi connectivity index (χ4v) is 4.30. The molecule has 0 aliphatic carbocycles. The van der Waals surface area contributed by atoms with E-state index >= 15 is 0 Å².